The van der Waals surface area contributed by atoms with Crippen LogP contribution in [0, 0.1) is 6.92 Å². The van der Waals surface area contributed by atoms with Crippen LogP contribution < -0.4 is 19.5 Å². The van der Waals surface area contributed by atoms with Crippen LogP contribution in [0.25, 0.3) is 6.08 Å². The molecule has 6 nitrogen and oxygen atoms in total. The molecule has 0 atom stereocenters. The molecular weight excluding hydrogens is 425 g/mol. The van der Waals surface area contributed by atoms with Gasteiger partial charge in [0.15, 0.2) is 5.75 Å². The Balaban J connectivity index is 1.76. The number of benzene rings is 2. The SMILES string of the molecule is C=Cc1cccc(C)c1Nc1ncc(OCc2c(Cl)c(OC)cc(OC)c2Cl)cn1. The molecule has 0 saturated carbocycles. The van der Waals surface area contributed by atoms with Crippen molar-refractivity contribution >= 4 is 40.9 Å². The molecule has 3 rings (SSSR count). The van der Waals surface area contributed by atoms with E-state index in [-0.39, 0.29) is 6.61 Å². The molecule has 3 aromatic rings. The number of halogens is 2. The van der Waals surface area contributed by atoms with Gasteiger partial charge in [0.1, 0.15) is 18.1 Å². The number of methoxy groups -OCH3 is 2. The highest BCUT2D eigenvalue weighted by atomic mass is 35.5. The Morgan fingerprint density at radius 1 is 1.07 bits per heavy atom. The minimum absolute atomic E-state index is 0.0970. The Hall–Kier alpha value is -2.96. The molecule has 1 aromatic heterocycles. The molecule has 1 heterocycles. The van der Waals surface area contributed by atoms with Crippen molar-refractivity contribution in [2.75, 3.05) is 19.5 Å². The molecule has 30 heavy (non-hydrogen) atoms. The Morgan fingerprint density at radius 3 is 2.27 bits per heavy atom. The smallest absolute Gasteiger partial charge is 0.227 e. The van der Waals surface area contributed by atoms with Gasteiger partial charge in [-0.3, -0.25) is 0 Å². The monoisotopic (exact) mass is 445 g/mol. The first-order valence-electron chi connectivity index (χ1n) is 9.01. The van der Waals surface area contributed by atoms with Gasteiger partial charge in [0.25, 0.3) is 0 Å². The maximum Gasteiger partial charge on any atom is 0.227 e. The number of aryl methyl sites for hydroxylation is 1. The fourth-order valence-corrected chi connectivity index (χ4v) is 3.43. The Morgan fingerprint density at radius 2 is 1.70 bits per heavy atom. The lowest BCUT2D eigenvalue weighted by atomic mass is 10.1. The summed E-state index contributed by atoms with van der Waals surface area (Å²) in [5, 5.41) is 3.94. The minimum Gasteiger partial charge on any atom is -0.495 e. The zero-order chi connectivity index (χ0) is 21.7. The summed E-state index contributed by atoms with van der Waals surface area (Å²) >= 11 is 12.7. The lowest BCUT2D eigenvalue weighted by Gasteiger charge is -2.15. The van der Waals surface area contributed by atoms with E-state index in [1.54, 1.807) is 24.5 Å². The van der Waals surface area contributed by atoms with Gasteiger partial charge in [-0.15, -0.1) is 0 Å². The van der Waals surface area contributed by atoms with Crippen LogP contribution in [-0.2, 0) is 6.61 Å². The standard InChI is InChI=1S/C22H21Cl2N3O3/c1-5-14-8-6-7-13(2)21(14)27-22-25-10-15(11-26-22)30-12-16-19(23)17(28-3)9-18(29-4)20(16)24/h5-11H,1,12H2,2-4H3,(H,25,26,27). The van der Waals surface area contributed by atoms with Gasteiger partial charge in [-0.05, 0) is 18.1 Å². The fourth-order valence-electron chi connectivity index (χ4n) is 2.82. The van der Waals surface area contributed by atoms with E-state index in [4.69, 9.17) is 37.4 Å². The van der Waals surface area contributed by atoms with Crippen LogP contribution in [0.4, 0.5) is 11.6 Å². The van der Waals surface area contributed by atoms with Gasteiger partial charge < -0.3 is 19.5 Å². The first-order chi connectivity index (χ1) is 14.5. The summed E-state index contributed by atoms with van der Waals surface area (Å²) in [4.78, 5) is 8.64. The number of nitrogens with one attached hydrogen (secondary N) is 1. The van der Waals surface area contributed by atoms with Crippen LogP contribution in [0.2, 0.25) is 10.0 Å². The number of hydrogen-bond donors (Lipinski definition) is 1. The van der Waals surface area contributed by atoms with Crippen molar-refractivity contribution in [3.63, 3.8) is 0 Å². The molecule has 2 aromatic carbocycles. The molecule has 0 fully saturated rings. The van der Waals surface area contributed by atoms with Gasteiger partial charge in [0.05, 0.1) is 42.3 Å². The number of hydrogen-bond acceptors (Lipinski definition) is 6. The van der Waals surface area contributed by atoms with Crippen LogP contribution in [-0.4, -0.2) is 24.2 Å². The van der Waals surface area contributed by atoms with Gasteiger partial charge in [0, 0.05) is 11.6 Å². The van der Waals surface area contributed by atoms with E-state index in [1.807, 2.05) is 25.1 Å². The van der Waals surface area contributed by atoms with E-state index < -0.39 is 0 Å². The third-order valence-corrected chi connectivity index (χ3v) is 5.27. The van der Waals surface area contributed by atoms with Crippen molar-refractivity contribution in [1.29, 1.82) is 0 Å². The van der Waals surface area contributed by atoms with E-state index in [9.17, 15) is 0 Å². The zero-order valence-corrected chi connectivity index (χ0v) is 18.3. The van der Waals surface area contributed by atoms with Gasteiger partial charge in [-0.25, -0.2) is 9.97 Å². The normalized spacial score (nSPS) is 10.4. The molecule has 0 unspecified atom stereocenters. The van der Waals surface area contributed by atoms with Gasteiger partial charge >= 0.3 is 0 Å². The molecule has 0 amide bonds. The fraction of sp³-hybridized carbons (Fsp3) is 0.182. The molecule has 0 aliphatic carbocycles. The van der Waals surface area contributed by atoms with Crippen molar-refractivity contribution in [2.24, 2.45) is 0 Å². The van der Waals surface area contributed by atoms with E-state index in [0.29, 0.717) is 38.8 Å². The number of rotatable bonds is 8. The third kappa shape index (κ3) is 4.61. The summed E-state index contributed by atoms with van der Waals surface area (Å²) in [5.41, 5.74) is 3.48. The second-order valence-electron chi connectivity index (χ2n) is 6.29. The molecule has 0 radical (unpaired) electrons. The summed E-state index contributed by atoms with van der Waals surface area (Å²) in [6.45, 7) is 5.94. The van der Waals surface area contributed by atoms with Crippen LogP contribution in [0.1, 0.15) is 16.7 Å². The number of aromatic nitrogens is 2. The maximum atomic E-state index is 6.37. The first-order valence-corrected chi connectivity index (χ1v) is 9.76. The highest BCUT2D eigenvalue weighted by Gasteiger charge is 2.18. The van der Waals surface area contributed by atoms with Crippen LogP contribution in [0.5, 0.6) is 17.2 Å². The van der Waals surface area contributed by atoms with E-state index in [2.05, 4.69) is 21.9 Å². The highest BCUT2D eigenvalue weighted by Crippen LogP contribution is 2.40. The third-order valence-electron chi connectivity index (χ3n) is 4.44. The number of anilines is 2. The molecule has 1 N–H and O–H groups in total. The van der Waals surface area contributed by atoms with Gasteiger partial charge in [0.2, 0.25) is 5.95 Å². The summed E-state index contributed by atoms with van der Waals surface area (Å²) in [6.07, 6.45) is 4.92. The number of ether oxygens (including phenoxy) is 3. The lowest BCUT2D eigenvalue weighted by molar-refractivity contribution is 0.301. The average Bonchev–Trinajstić information content (AvgIpc) is 2.76. The van der Waals surface area contributed by atoms with Crippen LogP contribution >= 0.6 is 23.2 Å². The second kappa shape index (κ2) is 9.69. The molecule has 0 saturated heterocycles. The molecule has 0 bridgehead atoms. The van der Waals surface area contributed by atoms with Crippen molar-refractivity contribution < 1.29 is 14.2 Å². The maximum absolute atomic E-state index is 6.37. The van der Waals surface area contributed by atoms with Crippen molar-refractivity contribution in [3.8, 4) is 17.2 Å². The highest BCUT2D eigenvalue weighted by molar-refractivity contribution is 6.37. The molecular formula is C22H21Cl2N3O3. The summed E-state index contributed by atoms with van der Waals surface area (Å²) in [5.74, 6) is 1.80. The predicted molar refractivity (Wildman–Crippen MR) is 120 cm³/mol. The summed E-state index contributed by atoms with van der Waals surface area (Å²) in [7, 11) is 3.04. The molecule has 0 aliphatic rings. The second-order valence-corrected chi connectivity index (χ2v) is 7.04. The van der Waals surface area contributed by atoms with Gasteiger partial charge in [-0.2, -0.15) is 0 Å². The largest absolute Gasteiger partial charge is 0.495 e. The van der Waals surface area contributed by atoms with Crippen LogP contribution in [0.15, 0.2) is 43.2 Å². The Kier molecular flexibility index (Phi) is 7.03. The Bertz CT molecular complexity index is 1030. The van der Waals surface area contributed by atoms with Crippen LogP contribution in [0.3, 0.4) is 0 Å². The zero-order valence-electron chi connectivity index (χ0n) is 16.8. The van der Waals surface area contributed by atoms with Crippen molar-refractivity contribution in [3.05, 3.63) is 70.0 Å². The topological polar surface area (TPSA) is 65.5 Å². The molecule has 156 valence electrons. The van der Waals surface area contributed by atoms with Crippen molar-refractivity contribution in [1.82, 2.24) is 9.97 Å². The van der Waals surface area contributed by atoms with E-state index >= 15 is 0 Å². The molecule has 0 aliphatic heterocycles. The lowest BCUT2D eigenvalue weighted by Crippen LogP contribution is -2.03. The Labute approximate surface area is 185 Å². The number of nitrogens with zero attached hydrogens (tertiary/aromatic N) is 2. The quantitative estimate of drug-likeness (QED) is 0.453. The minimum atomic E-state index is 0.0970. The van der Waals surface area contributed by atoms with E-state index in [1.165, 1.54) is 14.2 Å². The van der Waals surface area contributed by atoms with Gasteiger partial charge in [-0.1, -0.05) is 54.1 Å². The van der Waals surface area contributed by atoms with Crippen molar-refractivity contribution in [2.45, 2.75) is 13.5 Å². The number of para-hydroxylation sites is 1. The van der Waals surface area contributed by atoms with E-state index in [0.717, 1.165) is 16.8 Å². The summed E-state index contributed by atoms with van der Waals surface area (Å²) in [6, 6.07) is 7.57. The average molecular weight is 446 g/mol. The predicted octanol–water partition coefficient (Wildman–Crippen LogP) is 6.07. The molecule has 8 heteroatoms. The summed E-state index contributed by atoms with van der Waals surface area (Å²) < 4.78 is 16.3. The first kappa shape index (κ1) is 21.7. The molecule has 0 spiro atoms.